The van der Waals surface area contributed by atoms with Gasteiger partial charge in [-0.05, 0) is 26.2 Å². The van der Waals surface area contributed by atoms with Crippen LogP contribution in [0, 0.1) is 0 Å². The fourth-order valence-corrected chi connectivity index (χ4v) is 1.80. The van der Waals surface area contributed by atoms with Crippen molar-refractivity contribution < 1.29 is 4.74 Å². The van der Waals surface area contributed by atoms with E-state index in [1.165, 1.54) is 0 Å². The molecule has 0 aromatic carbocycles. The van der Waals surface area contributed by atoms with Crippen LogP contribution in [0.1, 0.15) is 26.2 Å². The van der Waals surface area contributed by atoms with Gasteiger partial charge in [0.1, 0.15) is 0 Å². The normalized spacial score (nSPS) is 28.4. The Labute approximate surface area is 86.7 Å². The lowest BCUT2D eigenvalue weighted by Crippen LogP contribution is -2.51. The second kappa shape index (κ2) is 5.49. The molecule has 0 bridgehead atoms. The summed E-state index contributed by atoms with van der Waals surface area (Å²) in [5, 5.41) is 3.52. The van der Waals surface area contributed by atoms with Gasteiger partial charge in [-0.1, -0.05) is 12.2 Å². The van der Waals surface area contributed by atoms with Crippen molar-refractivity contribution in [3.05, 3.63) is 12.2 Å². The molecule has 14 heavy (non-hydrogen) atoms. The second-order valence-corrected chi connectivity index (χ2v) is 4.26. The first-order chi connectivity index (χ1) is 6.68. The van der Waals surface area contributed by atoms with Crippen LogP contribution in [0.4, 0.5) is 0 Å². The number of nitrogens with two attached hydrogens (primary N) is 1. The molecule has 0 aromatic heterocycles. The van der Waals surface area contributed by atoms with Crippen LogP contribution in [-0.4, -0.2) is 31.8 Å². The third kappa shape index (κ3) is 3.40. The van der Waals surface area contributed by atoms with E-state index in [-0.39, 0.29) is 5.54 Å². The standard InChI is InChI=1S/C11H22N2O/c1-10(2)8-13-11(9-12)4-3-6-14-7-5-11/h13H,1,3-9,12H2,2H3. The lowest BCUT2D eigenvalue weighted by atomic mass is 9.90. The molecule has 3 N–H and O–H groups in total. The Bertz CT molecular complexity index is 184. The quantitative estimate of drug-likeness (QED) is 0.664. The van der Waals surface area contributed by atoms with E-state index in [1.807, 2.05) is 6.92 Å². The van der Waals surface area contributed by atoms with Crippen LogP contribution < -0.4 is 11.1 Å². The van der Waals surface area contributed by atoms with E-state index in [4.69, 9.17) is 10.5 Å². The predicted molar refractivity (Wildman–Crippen MR) is 59.3 cm³/mol. The zero-order chi connectivity index (χ0) is 10.4. The van der Waals surface area contributed by atoms with Crippen molar-refractivity contribution in [3.8, 4) is 0 Å². The summed E-state index contributed by atoms with van der Waals surface area (Å²) in [5.74, 6) is 0. The van der Waals surface area contributed by atoms with E-state index in [2.05, 4.69) is 11.9 Å². The van der Waals surface area contributed by atoms with Gasteiger partial charge in [-0.2, -0.15) is 0 Å². The Morgan fingerprint density at radius 2 is 2.29 bits per heavy atom. The van der Waals surface area contributed by atoms with Gasteiger partial charge in [-0.25, -0.2) is 0 Å². The van der Waals surface area contributed by atoms with E-state index < -0.39 is 0 Å². The molecule has 3 heteroatoms. The number of rotatable bonds is 4. The van der Waals surface area contributed by atoms with E-state index in [1.54, 1.807) is 0 Å². The molecule has 1 fully saturated rings. The highest BCUT2D eigenvalue weighted by Crippen LogP contribution is 2.20. The van der Waals surface area contributed by atoms with Crippen molar-refractivity contribution in [2.75, 3.05) is 26.3 Å². The maximum Gasteiger partial charge on any atom is 0.0484 e. The van der Waals surface area contributed by atoms with E-state index >= 15 is 0 Å². The lowest BCUT2D eigenvalue weighted by Gasteiger charge is -2.32. The zero-order valence-corrected chi connectivity index (χ0v) is 9.14. The maximum absolute atomic E-state index is 5.85. The largest absolute Gasteiger partial charge is 0.381 e. The number of nitrogens with one attached hydrogen (secondary N) is 1. The van der Waals surface area contributed by atoms with E-state index in [0.717, 1.165) is 44.6 Å². The van der Waals surface area contributed by atoms with Crippen LogP contribution in [-0.2, 0) is 4.74 Å². The van der Waals surface area contributed by atoms with Crippen molar-refractivity contribution in [2.45, 2.75) is 31.7 Å². The summed E-state index contributed by atoms with van der Waals surface area (Å²) in [7, 11) is 0. The summed E-state index contributed by atoms with van der Waals surface area (Å²) < 4.78 is 5.44. The Kier molecular flexibility index (Phi) is 4.58. The molecule has 3 nitrogen and oxygen atoms in total. The van der Waals surface area contributed by atoms with Gasteiger partial charge in [0, 0.05) is 31.8 Å². The summed E-state index contributed by atoms with van der Waals surface area (Å²) in [6.07, 6.45) is 3.22. The first-order valence-electron chi connectivity index (χ1n) is 5.36. The van der Waals surface area contributed by atoms with Crippen molar-refractivity contribution in [3.63, 3.8) is 0 Å². The zero-order valence-electron chi connectivity index (χ0n) is 9.14. The maximum atomic E-state index is 5.85. The Balaban J connectivity index is 2.49. The average molecular weight is 198 g/mol. The summed E-state index contributed by atoms with van der Waals surface area (Å²) in [6, 6.07) is 0. The first kappa shape index (κ1) is 11.7. The Morgan fingerprint density at radius 1 is 1.50 bits per heavy atom. The highest BCUT2D eigenvalue weighted by Gasteiger charge is 2.28. The number of hydrogen-bond acceptors (Lipinski definition) is 3. The summed E-state index contributed by atoms with van der Waals surface area (Å²) in [4.78, 5) is 0. The lowest BCUT2D eigenvalue weighted by molar-refractivity contribution is 0.137. The highest BCUT2D eigenvalue weighted by molar-refractivity contribution is 4.98. The number of hydrogen-bond donors (Lipinski definition) is 2. The number of ether oxygens (including phenoxy) is 1. The molecular formula is C11H22N2O. The summed E-state index contributed by atoms with van der Waals surface area (Å²) in [5.41, 5.74) is 7.08. The topological polar surface area (TPSA) is 47.3 Å². The Morgan fingerprint density at radius 3 is 2.93 bits per heavy atom. The van der Waals surface area contributed by atoms with Crippen molar-refractivity contribution >= 4 is 0 Å². The third-order valence-corrected chi connectivity index (χ3v) is 2.82. The average Bonchev–Trinajstić information content (AvgIpc) is 2.41. The second-order valence-electron chi connectivity index (χ2n) is 4.26. The fourth-order valence-electron chi connectivity index (χ4n) is 1.80. The van der Waals surface area contributed by atoms with Gasteiger partial charge in [0.05, 0.1) is 0 Å². The molecule has 1 rings (SSSR count). The minimum Gasteiger partial charge on any atom is -0.381 e. The molecule has 0 amide bonds. The first-order valence-corrected chi connectivity index (χ1v) is 5.36. The molecule has 1 atom stereocenters. The van der Waals surface area contributed by atoms with Crippen LogP contribution in [0.2, 0.25) is 0 Å². The smallest absolute Gasteiger partial charge is 0.0484 e. The van der Waals surface area contributed by atoms with Crippen molar-refractivity contribution in [1.82, 2.24) is 5.32 Å². The van der Waals surface area contributed by atoms with Crippen LogP contribution in [0.5, 0.6) is 0 Å². The molecule has 1 saturated heterocycles. The monoisotopic (exact) mass is 198 g/mol. The molecule has 0 aliphatic carbocycles. The molecule has 0 aromatic rings. The molecule has 1 aliphatic rings. The van der Waals surface area contributed by atoms with E-state index in [9.17, 15) is 0 Å². The van der Waals surface area contributed by atoms with Crippen molar-refractivity contribution in [1.29, 1.82) is 0 Å². The minimum atomic E-state index is 0.0788. The van der Waals surface area contributed by atoms with Crippen LogP contribution in [0.3, 0.4) is 0 Å². The SMILES string of the molecule is C=C(C)CNC1(CN)CCCOCC1. The van der Waals surface area contributed by atoms with Gasteiger partial charge in [-0.3, -0.25) is 0 Å². The summed E-state index contributed by atoms with van der Waals surface area (Å²) >= 11 is 0. The van der Waals surface area contributed by atoms with Gasteiger partial charge < -0.3 is 15.8 Å². The van der Waals surface area contributed by atoms with Gasteiger partial charge in [-0.15, -0.1) is 0 Å². The molecule has 0 radical (unpaired) electrons. The minimum absolute atomic E-state index is 0.0788. The molecule has 82 valence electrons. The fraction of sp³-hybridized carbons (Fsp3) is 0.818. The molecular weight excluding hydrogens is 176 g/mol. The van der Waals surface area contributed by atoms with Gasteiger partial charge in [0.2, 0.25) is 0 Å². The van der Waals surface area contributed by atoms with Crippen LogP contribution in [0.15, 0.2) is 12.2 Å². The third-order valence-electron chi connectivity index (χ3n) is 2.82. The van der Waals surface area contributed by atoms with Gasteiger partial charge in [0.15, 0.2) is 0 Å². The van der Waals surface area contributed by atoms with Crippen LogP contribution >= 0.6 is 0 Å². The molecule has 1 heterocycles. The highest BCUT2D eigenvalue weighted by atomic mass is 16.5. The summed E-state index contributed by atoms with van der Waals surface area (Å²) in [6.45, 7) is 9.16. The Hall–Kier alpha value is -0.380. The molecule has 1 aliphatic heterocycles. The van der Waals surface area contributed by atoms with Crippen LogP contribution in [0.25, 0.3) is 0 Å². The van der Waals surface area contributed by atoms with E-state index in [0.29, 0.717) is 6.54 Å². The predicted octanol–water partition coefficient (Wildman–Crippen LogP) is 1.05. The van der Waals surface area contributed by atoms with Gasteiger partial charge in [0.25, 0.3) is 0 Å². The molecule has 0 saturated carbocycles. The molecule has 1 unspecified atom stereocenters. The van der Waals surface area contributed by atoms with Crippen molar-refractivity contribution in [2.24, 2.45) is 5.73 Å². The van der Waals surface area contributed by atoms with Gasteiger partial charge >= 0.3 is 0 Å². The molecule has 0 spiro atoms.